The van der Waals surface area contributed by atoms with Crippen molar-refractivity contribution in [3.63, 3.8) is 0 Å². The van der Waals surface area contributed by atoms with Gasteiger partial charge in [0.1, 0.15) is 25.3 Å². The van der Waals surface area contributed by atoms with E-state index in [1.807, 2.05) is 17.3 Å². The van der Waals surface area contributed by atoms with Gasteiger partial charge in [0.05, 0.1) is 68.6 Å². The van der Waals surface area contributed by atoms with Crippen LogP contribution in [0.3, 0.4) is 0 Å². The SMILES string of the molecule is C=CCOC(=O)NC(C(=O)NC(C)C(=O)Nc1ccc(COC(=O)N2c3cc(OCCCCCOc4cc5c(cc4OC)C(=O)N4C=C(CO[Si](C)(C)C(C)(C)C)C[C@H]4C=N5)c(OC)cc3C(=O)N3CC4(CC4)C[C@H]3C2O[Si](C)(C)C(C)(C)C)cc1)C(C)C. The Kier molecular flexibility index (Phi) is 20.9. The maximum atomic E-state index is 15.1. The number of rotatable bonds is 25. The lowest BCUT2D eigenvalue weighted by Gasteiger charge is -2.44. The molecule has 1 saturated carbocycles. The summed E-state index contributed by atoms with van der Waals surface area (Å²) >= 11 is 0. The number of methoxy groups -OCH3 is 2. The lowest BCUT2D eigenvalue weighted by Crippen LogP contribution is -2.58. The number of carbonyl (C=O) groups excluding carboxylic acids is 6. The number of aliphatic imine (C=N–C) groups is 1. The maximum Gasteiger partial charge on any atom is 0.416 e. The number of carbonyl (C=O) groups is 6. The molecule has 3 N–H and O–H groups in total. The zero-order chi connectivity index (χ0) is 65.0. The van der Waals surface area contributed by atoms with Crippen LogP contribution in [0.5, 0.6) is 23.0 Å². The van der Waals surface area contributed by atoms with Crippen LogP contribution in [-0.4, -0.2) is 146 Å². The molecule has 5 atom stereocenters. The molecular weight excluding hydrogens is 1170 g/mol. The predicted molar refractivity (Wildman–Crippen MR) is 347 cm³/mol. The number of amides is 6. The highest BCUT2D eigenvalue weighted by Crippen LogP contribution is 2.58. The van der Waals surface area contributed by atoms with Crippen LogP contribution in [0.25, 0.3) is 0 Å². The number of alkyl carbamates (subject to hydrolysis) is 1. The topological polar surface area (TPSA) is 234 Å². The van der Waals surface area contributed by atoms with Crippen molar-refractivity contribution in [3.8, 4) is 23.0 Å². The number of unbranched alkanes of at least 4 members (excludes halogenated alkanes) is 2. The first-order chi connectivity index (χ1) is 41.9. The van der Waals surface area contributed by atoms with E-state index in [-0.39, 0.29) is 70.3 Å². The summed E-state index contributed by atoms with van der Waals surface area (Å²) in [5.74, 6) is -0.163. The molecule has 5 aliphatic rings. The molecule has 23 heteroatoms. The third-order valence-corrected chi connectivity index (χ3v) is 27.4. The Labute approximate surface area is 526 Å². The molecule has 1 spiro atoms. The molecule has 1 saturated heterocycles. The van der Waals surface area contributed by atoms with E-state index in [1.54, 1.807) is 74.4 Å². The van der Waals surface area contributed by atoms with Gasteiger partial charge in [0, 0.05) is 36.8 Å². The Morgan fingerprint density at radius 2 is 1.40 bits per heavy atom. The molecule has 3 aromatic rings. The van der Waals surface area contributed by atoms with Crippen molar-refractivity contribution in [1.29, 1.82) is 0 Å². The molecular formula is C66H93N7O14Si2. The molecule has 8 rings (SSSR count). The molecule has 3 unspecified atom stereocenters. The second kappa shape index (κ2) is 27.5. The molecule has 6 amide bonds. The number of ether oxygens (including phenoxy) is 6. The van der Waals surface area contributed by atoms with Gasteiger partial charge in [-0.25, -0.2) is 14.5 Å². The van der Waals surface area contributed by atoms with Crippen molar-refractivity contribution in [2.75, 3.05) is 57.4 Å². The molecule has 4 aliphatic heterocycles. The fraction of sp³-hybridized carbons (Fsp3) is 0.561. The normalized spacial score (nSPS) is 19.2. The van der Waals surface area contributed by atoms with Crippen molar-refractivity contribution in [1.82, 2.24) is 20.4 Å². The lowest BCUT2D eigenvalue weighted by atomic mass is 10.0. The van der Waals surface area contributed by atoms with Gasteiger partial charge in [-0.05, 0) is 135 Å². The van der Waals surface area contributed by atoms with E-state index in [9.17, 15) is 19.2 Å². The van der Waals surface area contributed by atoms with Crippen molar-refractivity contribution < 1.29 is 66.0 Å². The van der Waals surface area contributed by atoms with E-state index in [0.29, 0.717) is 90.9 Å². The molecule has 0 radical (unpaired) electrons. The molecule has 0 bridgehead atoms. The van der Waals surface area contributed by atoms with Gasteiger partial charge in [-0.3, -0.25) is 24.2 Å². The van der Waals surface area contributed by atoms with Crippen LogP contribution < -0.4 is 39.8 Å². The third-order valence-electron chi connectivity index (χ3n) is 18.4. The molecule has 3 aromatic carbocycles. The van der Waals surface area contributed by atoms with E-state index in [4.69, 9.17) is 42.3 Å². The Morgan fingerprint density at radius 1 is 0.775 bits per heavy atom. The molecule has 89 heavy (non-hydrogen) atoms. The smallest absolute Gasteiger partial charge is 0.416 e. The highest BCUT2D eigenvalue weighted by Gasteiger charge is 2.60. The van der Waals surface area contributed by atoms with Gasteiger partial charge in [-0.2, -0.15) is 0 Å². The van der Waals surface area contributed by atoms with E-state index < -0.39 is 65.0 Å². The number of hydrogen-bond acceptors (Lipinski definition) is 15. The van der Waals surface area contributed by atoms with Crippen LogP contribution in [0.15, 0.2) is 78.0 Å². The highest BCUT2D eigenvalue weighted by atomic mass is 28.4. The van der Waals surface area contributed by atoms with Crippen LogP contribution in [-0.2, 0) is 34.5 Å². The van der Waals surface area contributed by atoms with Gasteiger partial charge in [0.15, 0.2) is 45.9 Å². The average Bonchev–Trinajstić information content (AvgIpc) is 1.58. The van der Waals surface area contributed by atoms with E-state index in [0.717, 1.165) is 24.8 Å². The fourth-order valence-electron chi connectivity index (χ4n) is 10.7. The molecule has 0 aromatic heterocycles. The summed E-state index contributed by atoms with van der Waals surface area (Å²) in [7, 11) is -1.59. The minimum atomic E-state index is -2.67. The van der Waals surface area contributed by atoms with E-state index in [1.165, 1.54) is 25.0 Å². The first kappa shape index (κ1) is 67.7. The molecule has 484 valence electrons. The molecule has 4 heterocycles. The third kappa shape index (κ3) is 15.7. The van der Waals surface area contributed by atoms with Crippen LogP contribution in [0.4, 0.5) is 26.7 Å². The number of nitrogens with one attached hydrogen (secondary N) is 3. The van der Waals surface area contributed by atoms with Gasteiger partial charge in [-0.1, -0.05) is 80.2 Å². The average molecular weight is 1260 g/mol. The van der Waals surface area contributed by atoms with Gasteiger partial charge in [-0.15, -0.1) is 0 Å². The van der Waals surface area contributed by atoms with Crippen molar-refractivity contribution in [2.24, 2.45) is 16.3 Å². The quantitative estimate of drug-likeness (QED) is 0.0407. The number of benzene rings is 3. The fourth-order valence-corrected chi connectivity index (χ4v) is 12.9. The van der Waals surface area contributed by atoms with Crippen LogP contribution in [0.2, 0.25) is 36.3 Å². The van der Waals surface area contributed by atoms with Crippen molar-refractivity contribution >= 4 is 75.7 Å². The Balaban J connectivity index is 0.936. The van der Waals surface area contributed by atoms with Gasteiger partial charge < -0.3 is 63.0 Å². The summed E-state index contributed by atoms with van der Waals surface area (Å²) in [6.07, 6.45) is 8.02. The number of hydrogen-bond donors (Lipinski definition) is 3. The van der Waals surface area contributed by atoms with Crippen molar-refractivity contribution in [3.05, 3.63) is 89.6 Å². The maximum absolute atomic E-state index is 15.1. The number of nitrogens with zero attached hydrogens (tertiary/aromatic N) is 4. The summed E-state index contributed by atoms with van der Waals surface area (Å²) < 4.78 is 49.4. The summed E-state index contributed by atoms with van der Waals surface area (Å²) in [5.41, 5.74) is 3.53. The van der Waals surface area contributed by atoms with E-state index >= 15 is 9.59 Å². The first-order valence-corrected chi connectivity index (χ1v) is 36.8. The second-order valence-electron chi connectivity index (χ2n) is 27.5. The number of fused-ring (bicyclic) bond motifs is 4. The Morgan fingerprint density at radius 3 is 2.00 bits per heavy atom. The first-order valence-electron chi connectivity index (χ1n) is 31.0. The zero-order valence-corrected chi connectivity index (χ0v) is 56.7. The molecule has 2 fully saturated rings. The van der Waals surface area contributed by atoms with Gasteiger partial charge >= 0.3 is 12.2 Å². The summed E-state index contributed by atoms with van der Waals surface area (Å²) in [6, 6.07) is 11.0. The summed E-state index contributed by atoms with van der Waals surface area (Å²) in [6.45, 7) is 31.8. The Hall–Kier alpha value is -7.22. The minimum Gasteiger partial charge on any atom is -0.493 e. The number of anilines is 2. The van der Waals surface area contributed by atoms with Crippen molar-refractivity contribution in [2.45, 2.75) is 181 Å². The minimum absolute atomic E-state index is 0.0240. The highest BCUT2D eigenvalue weighted by molar-refractivity contribution is 6.74. The molecule has 1 aliphatic carbocycles. The second-order valence-corrected chi connectivity index (χ2v) is 37.0. The predicted octanol–water partition coefficient (Wildman–Crippen LogP) is 12.0. The van der Waals surface area contributed by atoms with Crippen LogP contribution >= 0.6 is 0 Å². The van der Waals surface area contributed by atoms with E-state index in [2.05, 4.69) is 90.3 Å². The monoisotopic (exact) mass is 1260 g/mol. The van der Waals surface area contributed by atoms with Crippen LogP contribution in [0.1, 0.15) is 134 Å². The molecule has 21 nitrogen and oxygen atoms in total. The summed E-state index contributed by atoms with van der Waals surface area (Å²) in [4.78, 5) is 92.7. The van der Waals surface area contributed by atoms with Crippen LogP contribution in [0, 0.1) is 11.3 Å². The zero-order valence-electron chi connectivity index (χ0n) is 54.7. The van der Waals surface area contributed by atoms with Gasteiger partial charge in [0.2, 0.25) is 11.8 Å². The largest absolute Gasteiger partial charge is 0.493 e. The van der Waals surface area contributed by atoms with Gasteiger partial charge in [0.25, 0.3) is 11.8 Å². The Bertz CT molecular complexity index is 3200. The summed E-state index contributed by atoms with van der Waals surface area (Å²) in [5, 5.41) is 7.82. The lowest BCUT2D eigenvalue weighted by molar-refractivity contribution is -0.128. The standard InChI is InChI=1S/C66H93N7O14Si2/c1-17-27-84-62(78)70-56(41(2)3)58(75)68-42(4)57(74)69-45-23-21-43(22-24-45)38-85-63(79)73-50-34-55(53(81-12)32-48(50)60(77)72-40-66(25-26-66)35-51(72)61(73)87-89(15,16)65(8,9)10)83-29-20-18-19-28-82-54-33-49-47(31-52(54)80-11)59(76)71-37-44(30-46(71)36-67-49)39-86-88(13,14)64(5,6)7/h17,21-24,31-34,36-37,41-42,46,51,56,61H,1,18-20,25-30,35,38-40H2,2-16H3,(H,68,75)(H,69,74)(H,70,78)/t42?,46-,51-,56?,61?/m0/s1.